The van der Waals surface area contributed by atoms with Gasteiger partial charge in [0.2, 0.25) is 0 Å². The third-order valence-corrected chi connectivity index (χ3v) is 3.17. The van der Waals surface area contributed by atoms with E-state index >= 15 is 0 Å². The Morgan fingerprint density at radius 2 is 2.20 bits per heavy atom. The summed E-state index contributed by atoms with van der Waals surface area (Å²) < 4.78 is 0. The lowest BCUT2D eigenvalue weighted by atomic mass is 10.1. The normalized spacial score (nSPS) is 25.9. The van der Waals surface area contributed by atoms with E-state index in [0.29, 0.717) is 0 Å². The van der Waals surface area contributed by atoms with Gasteiger partial charge in [0, 0.05) is 12.1 Å². The van der Waals surface area contributed by atoms with Crippen molar-refractivity contribution in [3.63, 3.8) is 0 Å². The SMILES string of the molecule is CC(CC(=O)O)N1CCCCCC1CO. The molecule has 1 aliphatic rings. The zero-order valence-corrected chi connectivity index (χ0v) is 9.35. The molecule has 0 radical (unpaired) electrons. The highest BCUT2D eigenvalue weighted by Crippen LogP contribution is 2.20. The monoisotopic (exact) mass is 215 g/mol. The van der Waals surface area contributed by atoms with Gasteiger partial charge >= 0.3 is 5.97 Å². The minimum Gasteiger partial charge on any atom is -0.481 e. The number of rotatable bonds is 4. The zero-order valence-electron chi connectivity index (χ0n) is 9.35. The van der Waals surface area contributed by atoms with Crippen molar-refractivity contribution >= 4 is 5.97 Å². The summed E-state index contributed by atoms with van der Waals surface area (Å²) in [5, 5.41) is 18.0. The number of nitrogens with zero attached hydrogens (tertiary/aromatic N) is 1. The van der Waals surface area contributed by atoms with Crippen molar-refractivity contribution in [2.24, 2.45) is 0 Å². The van der Waals surface area contributed by atoms with Crippen LogP contribution < -0.4 is 0 Å². The van der Waals surface area contributed by atoms with Gasteiger partial charge in [0.05, 0.1) is 13.0 Å². The molecule has 0 aromatic carbocycles. The zero-order chi connectivity index (χ0) is 11.3. The average Bonchev–Trinajstić information content (AvgIpc) is 2.40. The Bertz CT molecular complexity index is 208. The van der Waals surface area contributed by atoms with Crippen LogP contribution in [0.1, 0.15) is 39.0 Å². The number of carbonyl (C=O) groups is 1. The molecule has 1 fully saturated rings. The average molecular weight is 215 g/mol. The van der Waals surface area contributed by atoms with Gasteiger partial charge in [0.15, 0.2) is 0 Å². The van der Waals surface area contributed by atoms with E-state index in [1.165, 1.54) is 6.42 Å². The first kappa shape index (κ1) is 12.5. The Morgan fingerprint density at radius 3 is 2.80 bits per heavy atom. The summed E-state index contributed by atoms with van der Waals surface area (Å²) >= 11 is 0. The third kappa shape index (κ3) is 3.80. The smallest absolute Gasteiger partial charge is 0.304 e. The van der Waals surface area contributed by atoms with Gasteiger partial charge < -0.3 is 10.2 Å². The maximum Gasteiger partial charge on any atom is 0.304 e. The minimum absolute atomic E-state index is 0.0257. The van der Waals surface area contributed by atoms with E-state index < -0.39 is 5.97 Å². The van der Waals surface area contributed by atoms with Gasteiger partial charge in [0.25, 0.3) is 0 Å². The molecule has 1 heterocycles. The van der Waals surface area contributed by atoms with Crippen LogP contribution in [0.3, 0.4) is 0 Å². The van der Waals surface area contributed by atoms with Gasteiger partial charge in [0.1, 0.15) is 0 Å². The van der Waals surface area contributed by atoms with Crippen LogP contribution in [0.2, 0.25) is 0 Å². The van der Waals surface area contributed by atoms with Gasteiger partial charge in [-0.2, -0.15) is 0 Å². The first-order chi connectivity index (χ1) is 7.15. The first-order valence-electron chi connectivity index (χ1n) is 5.73. The molecule has 15 heavy (non-hydrogen) atoms. The number of carboxylic acid groups (broad SMARTS) is 1. The summed E-state index contributed by atoms with van der Waals surface area (Å²) in [5.41, 5.74) is 0. The van der Waals surface area contributed by atoms with Gasteiger partial charge in [-0.15, -0.1) is 0 Å². The van der Waals surface area contributed by atoms with Crippen molar-refractivity contribution in [3.05, 3.63) is 0 Å². The van der Waals surface area contributed by atoms with E-state index in [4.69, 9.17) is 5.11 Å². The lowest BCUT2D eigenvalue weighted by Crippen LogP contribution is -2.44. The third-order valence-electron chi connectivity index (χ3n) is 3.17. The molecule has 0 aliphatic carbocycles. The quantitative estimate of drug-likeness (QED) is 0.737. The molecule has 0 amide bonds. The van der Waals surface area contributed by atoms with Gasteiger partial charge in [-0.25, -0.2) is 0 Å². The minimum atomic E-state index is -0.761. The molecule has 1 rings (SSSR count). The molecular weight excluding hydrogens is 194 g/mol. The summed E-state index contributed by atoms with van der Waals surface area (Å²) in [7, 11) is 0. The van der Waals surface area contributed by atoms with Crippen molar-refractivity contribution < 1.29 is 15.0 Å². The summed E-state index contributed by atoms with van der Waals surface area (Å²) in [6.07, 6.45) is 4.59. The number of aliphatic hydroxyl groups is 1. The Labute approximate surface area is 90.9 Å². The van der Waals surface area contributed by atoms with Crippen LogP contribution >= 0.6 is 0 Å². The Morgan fingerprint density at radius 1 is 1.47 bits per heavy atom. The van der Waals surface area contributed by atoms with Gasteiger partial charge in [-0.3, -0.25) is 9.69 Å². The molecule has 2 unspecified atom stereocenters. The van der Waals surface area contributed by atoms with E-state index in [2.05, 4.69) is 4.90 Å². The van der Waals surface area contributed by atoms with Crippen LogP contribution in [0.15, 0.2) is 0 Å². The summed E-state index contributed by atoms with van der Waals surface area (Å²) in [6, 6.07) is 0.180. The topological polar surface area (TPSA) is 60.8 Å². The summed E-state index contributed by atoms with van der Waals surface area (Å²) in [4.78, 5) is 12.8. The van der Waals surface area contributed by atoms with Crippen molar-refractivity contribution in [2.75, 3.05) is 13.2 Å². The number of carboxylic acids is 1. The van der Waals surface area contributed by atoms with Gasteiger partial charge in [-0.1, -0.05) is 12.8 Å². The van der Waals surface area contributed by atoms with E-state index in [-0.39, 0.29) is 25.1 Å². The van der Waals surface area contributed by atoms with Crippen molar-refractivity contribution in [2.45, 2.75) is 51.1 Å². The molecule has 0 spiro atoms. The predicted octanol–water partition coefficient (Wildman–Crippen LogP) is 1.09. The summed E-state index contributed by atoms with van der Waals surface area (Å²) in [5.74, 6) is -0.761. The number of aliphatic hydroxyl groups excluding tert-OH is 1. The molecule has 1 saturated heterocycles. The second-order valence-corrected chi connectivity index (χ2v) is 4.37. The van der Waals surface area contributed by atoms with Crippen molar-refractivity contribution in [1.29, 1.82) is 0 Å². The summed E-state index contributed by atoms with van der Waals surface area (Å²) in [6.45, 7) is 2.99. The fourth-order valence-electron chi connectivity index (χ4n) is 2.35. The highest BCUT2D eigenvalue weighted by atomic mass is 16.4. The number of hydrogen-bond donors (Lipinski definition) is 2. The molecule has 1 aliphatic heterocycles. The number of aliphatic carboxylic acids is 1. The molecule has 0 bridgehead atoms. The largest absolute Gasteiger partial charge is 0.481 e. The van der Waals surface area contributed by atoms with Crippen molar-refractivity contribution in [3.8, 4) is 0 Å². The lowest BCUT2D eigenvalue weighted by molar-refractivity contribution is -0.138. The molecule has 0 aromatic heterocycles. The van der Waals surface area contributed by atoms with E-state index in [1.54, 1.807) is 0 Å². The second kappa shape index (κ2) is 6.08. The highest BCUT2D eigenvalue weighted by molar-refractivity contribution is 5.67. The van der Waals surface area contributed by atoms with E-state index in [0.717, 1.165) is 25.8 Å². The molecular formula is C11H21NO3. The molecule has 0 aromatic rings. The molecule has 2 atom stereocenters. The van der Waals surface area contributed by atoms with Crippen LogP contribution in [0.25, 0.3) is 0 Å². The van der Waals surface area contributed by atoms with Crippen molar-refractivity contribution in [1.82, 2.24) is 4.90 Å². The van der Waals surface area contributed by atoms with Crippen LogP contribution in [0.4, 0.5) is 0 Å². The first-order valence-corrected chi connectivity index (χ1v) is 5.73. The Kier molecular flexibility index (Phi) is 5.05. The Balaban J connectivity index is 2.56. The van der Waals surface area contributed by atoms with E-state index in [9.17, 15) is 9.90 Å². The number of hydrogen-bond acceptors (Lipinski definition) is 3. The van der Waals surface area contributed by atoms with Crippen LogP contribution in [-0.2, 0) is 4.79 Å². The molecule has 88 valence electrons. The fraction of sp³-hybridized carbons (Fsp3) is 0.909. The predicted molar refractivity (Wildman–Crippen MR) is 57.8 cm³/mol. The fourth-order valence-corrected chi connectivity index (χ4v) is 2.35. The van der Waals surface area contributed by atoms with Crippen LogP contribution in [0, 0.1) is 0 Å². The van der Waals surface area contributed by atoms with Gasteiger partial charge in [-0.05, 0) is 26.3 Å². The van der Waals surface area contributed by atoms with E-state index in [1.807, 2.05) is 6.92 Å². The Hall–Kier alpha value is -0.610. The number of likely N-dealkylation sites (tertiary alicyclic amines) is 1. The van der Waals surface area contributed by atoms with Crippen LogP contribution in [0.5, 0.6) is 0 Å². The second-order valence-electron chi connectivity index (χ2n) is 4.37. The maximum absolute atomic E-state index is 10.6. The molecule has 4 nitrogen and oxygen atoms in total. The standard InChI is InChI=1S/C11H21NO3/c1-9(7-11(14)15)12-6-4-2-3-5-10(12)8-13/h9-10,13H,2-8H2,1H3,(H,14,15). The van der Waals surface area contributed by atoms with Crippen LogP contribution in [-0.4, -0.2) is 46.3 Å². The molecule has 0 saturated carbocycles. The maximum atomic E-state index is 10.6. The highest BCUT2D eigenvalue weighted by Gasteiger charge is 2.25. The molecule has 2 N–H and O–H groups in total. The molecule has 4 heteroatoms. The lowest BCUT2D eigenvalue weighted by Gasteiger charge is -2.33.